The van der Waals surface area contributed by atoms with Crippen molar-refractivity contribution in [3.05, 3.63) is 0 Å². The SMILES string of the molecule is CCCC(C)(C)CN(C)N. The van der Waals surface area contributed by atoms with Gasteiger partial charge in [-0.2, -0.15) is 0 Å². The molecule has 0 unspecified atom stereocenters. The van der Waals surface area contributed by atoms with Crippen molar-refractivity contribution in [2.45, 2.75) is 33.6 Å². The van der Waals surface area contributed by atoms with Crippen LogP contribution >= 0.6 is 0 Å². The smallest absolute Gasteiger partial charge is 0.0176 e. The Morgan fingerprint density at radius 1 is 1.40 bits per heavy atom. The highest BCUT2D eigenvalue weighted by molar-refractivity contribution is 4.69. The Kier molecular flexibility index (Phi) is 3.91. The molecular formula is C8H20N2. The first kappa shape index (κ1) is 9.92. The van der Waals surface area contributed by atoms with Gasteiger partial charge in [-0.25, -0.2) is 5.01 Å². The highest BCUT2D eigenvalue weighted by atomic mass is 15.4. The predicted octanol–water partition coefficient (Wildman–Crippen LogP) is 1.62. The molecule has 0 bridgehead atoms. The molecule has 0 aliphatic rings. The third-order valence-electron chi connectivity index (χ3n) is 1.60. The third-order valence-corrected chi connectivity index (χ3v) is 1.60. The minimum Gasteiger partial charge on any atom is -0.269 e. The molecule has 0 aromatic rings. The number of nitrogens with zero attached hydrogens (tertiary/aromatic N) is 1. The van der Waals surface area contributed by atoms with Gasteiger partial charge in [0.1, 0.15) is 0 Å². The van der Waals surface area contributed by atoms with Crippen molar-refractivity contribution < 1.29 is 0 Å². The second-order valence-corrected chi connectivity index (χ2v) is 3.83. The van der Waals surface area contributed by atoms with Gasteiger partial charge < -0.3 is 0 Å². The highest BCUT2D eigenvalue weighted by Crippen LogP contribution is 2.21. The van der Waals surface area contributed by atoms with E-state index in [4.69, 9.17) is 5.84 Å². The molecule has 2 heteroatoms. The van der Waals surface area contributed by atoms with Gasteiger partial charge in [-0.1, -0.05) is 27.2 Å². The number of hydrazine groups is 1. The fraction of sp³-hybridized carbons (Fsp3) is 1.00. The Hall–Kier alpha value is -0.0800. The molecule has 0 heterocycles. The maximum atomic E-state index is 5.54. The van der Waals surface area contributed by atoms with E-state index in [1.807, 2.05) is 7.05 Å². The van der Waals surface area contributed by atoms with Crippen LogP contribution in [0.5, 0.6) is 0 Å². The van der Waals surface area contributed by atoms with Gasteiger partial charge in [0.15, 0.2) is 0 Å². The molecule has 0 saturated heterocycles. The van der Waals surface area contributed by atoms with E-state index in [-0.39, 0.29) is 0 Å². The van der Waals surface area contributed by atoms with Crippen molar-refractivity contribution in [3.8, 4) is 0 Å². The zero-order valence-electron chi connectivity index (χ0n) is 7.65. The van der Waals surface area contributed by atoms with Gasteiger partial charge >= 0.3 is 0 Å². The van der Waals surface area contributed by atoms with E-state index in [1.54, 1.807) is 5.01 Å². The zero-order chi connectivity index (χ0) is 8.20. The highest BCUT2D eigenvalue weighted by Gasteiger charge is 2.16. The van der Waals surface area contributed by atoms with Crippen LogP contribution in [0.15, 0.2) is 0 Å². The maximum Gasteiger partial charge on any atom is 0.0176 e. The summed E-state index contributed by atoms with van der Waals surface area (Å²) in [5.74, 6) is 5.54. The van der Waals surface area contributed by atoms with Crippen LogP contribution in [0.1, 0.15) is 33.6 Å². The summed E-state index contributed by atoms with van der Waals surface area (Å²) in [6.45, 7) is 7.68. The topological polar surface area (TPSA) is 29.3 Å². The lowest BCUT2D eigenvalue weighted by molar-refractivity contribution is 0.200. The van der Waals surface area contributed by atoms with Crippen molar-refractivity contribution in [3.63, 3.8) is 0 Å². The molecule has 0 atom stereocenters. The van der Waals surface area contributed by atoms with Crippen LogP contribution in [0.2, 0.25) is 0 Å². The quantitative estimate of drug-likeness (QED) is 0.480. The van der Waals surface area contributed by atoms with Crippen LogP contribution in [0, 0.1) is 5.41 Å². The molecule has 2 N–H and O–H groups in total. The third kappa shape index (κ3) is 4.77. The Labute approximate surface area is 64.4 Å². The molecule has 0 fully saturated rings. The number of hydrogen-bond acceptors (Lipinski definition) is 2. The standard InChI is InChI=1S/C8H20N2/c1-5-6-8(2,3)7-10(4)9/h5-7,9H2,1-4H3. The number of hydrogen-bond donors (Lipinski definition) is 1. The largest absolute Gasteiger partial charge is 0.269 e. The van der Waals surface area contributed by atoms with Crippen molar-refractivity contribution in [1.29, 1.82) is 0 Å². The predicted molar refractivity (Wildman–Crippen MR) is 45.5 cm³/mol. The summed E-state index contributed by atoms with van der Waals surface area (Å²) in [6.07, 6.45) is 2.48. The van der Waals surface area contributed by atoms with Gasteiger partial charge in [0.05, 0.1) is 0 Å². The summed E-state index contributed by atoms with van der Waals surface area (Å²) in [4.78, 5) is 0. The van der Waals surface area contributed by atoms with Crippen LogP contribution in [-0.4, -0.2) is 18.6 Å². The molecule has 10 heavy (non-hydrogen) atoms. The first-order chi connectivity index (χ1) is 4.48. The molecular weight excluding hydrogens is 124 g/mol. The van der Waals surface area contributed by atoms with Crippen LogP contribution in [0.3, 0.4) is 0 Å². The van der Waals surface area contributed by atoms with Crippen molar-refractivity contribution in [2.24, 2.45) is 11.3 Å². The Bertz CT molecular complexity index is 87.3. The molecule has 0 rings (SSSR count). The van der Waals surface area contributed by atoms with Gasteiger partial charge in [-0.15, -0.1) is 0 Å². The van der Waals surface area contributed by atoms with E-state index in [9.17, 15) is 0 Å². The Balaban J connectivity index is 3.63. The van der Waals surface area contributed by atoms with Crippen molar-refractivity contribution in [1.82, 2.24) is 5.01 Å². The summed E-state index contributed by atoms with van der Waals surface area (Å²) in [5, 5.41) is 1.76. The normalized spacial score (nSPS) is 12.6. The molecule has 0 aliphatic heterocycles. The Morgan fingerprint density at radius 3 is 2.20 bits per heavy atom. The lowest BCUT2D eigenvalue weighted by Gasteiger charge is -2.27. The maximum absolute atomic E-state index is 5.54. The molecule has 2 nitrogen and oxygen atoms in total. The van der Waals surface area contributed by atoms with Crippen LogP contribution in [0.4, 0.5) is 0 Å². The van der Waals surface area contributed by atoms with Crippen LogP contribution in [0.25, 0.3) is 0 Å². The van der Waals surface area contributed by atoms with Gasteiger partial charge in [0, 0.05) is 13.6 Å². The van der Waals surface area contributed by atoms with Gasteiger partial charge in [-0.05, 0) is 11.8 Å². The fourth-order valence-corrected chi connectivity index (χ4v) is 1.43. The van der Waals surface area contributed by atoms with Gasteiger partial charge in [-0.3, -0.25) is 5.84 Å². The summed E-state index contributed by atoms with van der Waals surface area (Å²) < 4.78 is 0. The molecule has 0 aromatic carbocycles. The second-order valence-electron chi connectivity index (χ2n) is 3.83. The molecule has 62 valence electrons. The Morgan fingerprint density at radius 2 is 1.90 bits per heavy atom. The summed E-state index contributed by atoms with van der Waals surface area (Å²) in [5.41, 5.74) is 0.373. The fourth-order valence-electron chi connectivity index (χ4n) is 1.43. The van der Waals surface area contributed by atoms with Crippen LogP contribution in [-0.2, 0) is 0 Å². The molecule has 0 spiro atoms. The van der Waals surface area contributed by atoms with Gasteiger partial charge in [0.25, 0.3) is 0 Å². The van der Waals surface area contributed by atoms with E-state index in [0.29, 0.717) is 5.41 Å². The average Bonchev–Trinajstić information content (AvgIpc) is 1.59. The van der Waals surface area contributed by atoms with Crippen LogP contribution < -0.4 is 5.84 Å². The monoisotopic (exact) mass is 144 g/mol. The summed E-state index contributed by atoms with van der Waals surface area (Å²) in [6, 6.07) is 0. The molecule has 0 aromatic heterocycles. The zero-order valence-corrected chi connectivity index (χ0v) is 7.65. The average molecular weight is 144 g/mol. The first-order valence-corrected chi connectivity index (χ1v) is 3.94. The first-order valence-electron chi connectivity index (χ1n) is 3.94. The lowest BCUT2D eigenvalue weighted by Crippen LogP contribution is -2.35. The van der Waals surface area contributed by atoms with E-state index >= 15 is 0 Å². The molecule has 0 aliphatic carbocycles. The molecule has 0 amide bonds. The number of rotatable bonds is 4. The van der Waals surface area contributed by atoms with Crippen molar-refractivity contribution in [2.75, 3.05) is 13.6 Å². The molecule has 0 radical (unpaired) electrons. The number of nitrogens with two attached hydrogens (primary N) is 1. The lowest BCUT2D eigenvalue weighted by atomic mass is 9.88. The summed E-state index contributed by atoms with van der Waals surface area (Å²) >= 11 is 0. The van der Waals surface area contributed by atoms with E-state index < -0.39 is 0 Å². The molecule has 0 saturated carbocycles. The minimum atomic E-state index is 0.373. The van der Waals surface area contributed by atoms with Crippen molar-refractivity contribution >= 4 is 0 Å². The van der Waals surface area contributed by atoms with Gasteiger partial charge in [0.2, 0.25) is 0 Å². The summed E-state index contributed by atoms with van der Waals surface area (Å²) in [7, 11) is 1.91. The van der Waals surface area contributed by atoms with E-state index in [2.05, 4.69) is 20.8 Å². The van der Waals surface area contributed by atoms with E-state index in [0.717, 1.165) is 6.54 Å². The second kappa shape index (κ2) is 3.94. The van der Waals surface area contributed by atoms with E-state index in [1.165, 1.54) is 12.8 Å². The minimum absolute atomic E-state index is 0.373.